The molecule has 0 radical (unpaired) electrons. The normalized spacial score (nSPS) is 50.7. The standard InChI is InChI=1S/C13H18F2/c1-2-3-12-7-9-4-10(8-12)6-11(5-9)13(12,14)15/h2,9-11H,1,3-8H2. The Morgan fingerprint density at radius 2 is 1.73 bits per heavy atom. The Hall–Kier alpha value is -0.400. The first-order valence-electron chi connectivity index (χ1n) is 6.06. The predicted octanol–water partition coefficient (Wildman–Crippen LogP) is 4.02. The van der Waals surface area contributed by atoms with Crippen molar-refractivity contribution in [2.75, 3.05) is 0 Å². The third kappa shape index (κ3) is 1.11. The molecule has 4 bridgehead atoms. The Bertz CT molecular complexity index is 281. The van der Waals surface area contributed by atoms with Crippen LogP contribution in [0.2, 0.25) is 0 Å². The molecule has 4 aliphatic rings. The maximum absolute atomic E-state index is 14.3. The molecule has 0 aromatic rings. The summed E-state index contributed by atoms with van der Waals surface area (Å²) in [5.74, 6) is -1.57. The van der Waals surface area contributed by atoms with Crippen molar-refractivity contribution in [3.05, 3.63) is 12.7 Å². The Morgan fingerprint density at radius 1 is 1.13 bits per heavy atom. The van der Waals surface area contributed by atoms with Crippen molar-refractivity contribution < 1.29 is 8.78 Å². The van der Waals surface area contributed by atoms with E-state index >= 15 is 0 Å². The lowest BCUT2D eigenvalue weighted by molar-refractivity contribution is -0.254. The van der Waals surface area contributed by atoms with Crippen LogP contribution in [0.3, 0.4) is 0 Å². The van der Waals surface area contributed by atoms with Gasteiger partial charge in [-0.15, -0.1) is 6.58 Å². The third-order valence-corrected chi connectivity index (χ3v) is 5.02. The number of halogens is 2. The van der Waals surface area contributed by atoms with Crippen molar-refractivity contribution in [1.82, 2.24) is 0 Å². The first kappa shape index (κ1) is 9.80. The highest BCUT2D eigenvalue weighted by Gasteiger charge is 2.66. The van der Waals surface area contributed by atoms with E-state index in [1.165, 1.54) is 6.42 Å². The first-order chi connectivity index (χ1) is 7.07. The van der Waals surface area contributed by atoms with E-state index in [-0.39, 0.29) is 5.92 Å². The molecule has 4 fully saturated rings. The minimum Gasteiger partial charge on any atom is -0.206 e. The van der Waals surface area contributed by atoms with Gasteiger partial charge in [0.25, 0.3) is 5.92 Å². The van der Waals surface area contributed by atoms with Crippen LogP contribution in [0.25, 0.3) is 0 Å². The molecule has 0 N–H and O–H groups in total. The lowest BCUT2D eigenvalue weighted by Crippen LogP contribution is -2.59. The van der Waals surface area contributed by atoms with Crippen LogP contribution in [-0.4, -0.2) is 5.92 Å². The summed E-state index contributed by atoms with van der Waals surface area (Å²) in [5, 5.41) is 0. The molecule has 2 heteroatoms. The maximum Gasteiger partial charge on any atom is 0.256 e. The van der Waals surface area contributed by atoms with Gasteiger partial charge in [0.1, 0.15) is 0 Å². The second-order valence-electron chi connectivity index (χ2n) is 5.94. The zero-order valence-corrected chi connectivity index (χ0v) is 9.02. The smallest absolute Gasteiger partial charge is 0.206 e. The second-order valence-corrected chi connectivity index (χ2v) is 5.94. The Kier molecular flexibility index (Phi) is 1.85. The van der Waals surface area contributed by atoms with Crippen molar-refractivity contribution in [3.63, 3.8) is 0 Å². The van der Waals surface area contributed by atoms with Crippen LogP contribution in [0.5, 0.6) is 0 Å². The number of hydrogen-bond acceptors (Lipinski definition) is 0. The zero-order valence-electron chi connectivity index (χ0n) is 9.02. The predicted molar refractivity (Wildman–Crippen MR) is 55.7 cm³/mol. The molecule has 4 rings (SSSR count). The fourth-order valence-electron chi connectivity index (χ4n) is 4.67. The molecule has 0 amide bonds. The van der Waals surface area contributed by atoms with Crippen molar-refractivity contribution in [1.29, 1.82) is 0 Å². The molecule has 2 atom stereocenters. The highest BCUT2D eigenvalue weighted by Crippen LogP contribution is 2.67. The number of rotatable bonds is 2. The van der Waals surface area contributed by atoms with Crippen LogP contribution < -0.4 is 0 Å². The van der Waals surface area contributed by atoms with Crippen molar-refractivity contribution in [2.24, 2.45) is 23.2 Å². The first-order valence-corrected chi connectivity index (χ1v) is 6.06. The molecule has 0 saturated heterocycles. The van der Waals surface area contributed by atoms with Gasteiger partial charge < -0.3 is 0 Å². The monoisotopic (exact) mass is 212 g/mol. The summed E-state index contributed by atoms with van der Waals surface area (Å²) in [6, 6.07) is 0. The van der Waals surface area contributed by atoms with E-state index in [0.29, 0.717) is 18.3 Å². The molecule has 2 unspecified atom stereocenters. The summed E-state index contributed by atoms with van der Waals surface area (Å²) >= 11 is 0. The fraction of sp³-hybridized carbons (Fsp3) is 0.846. The van der Waals surface area contributed by atoms with Crippen LogP contribution in [0, 0.1) is 23.2 Å². The summed E-state index contributed by atoms with van der Waals surface area (Å²) in [6.45, 7) is 3.67. The quantitative estimate of drug-likeness (QED) is 0.606. The van der Waals surface area contributed by atoms with Crippen LogP contribution >= 0.6 is 0 Å². The summed E-state index contributed by atoms with van der Waals surface area (Å²) in [7, 11) is 0. The summed E-state index contributed by atoms with van der Waals surface area (Å²) in [5.41, 5.74) is -0.705. The molecule has 0 nitrogen and oxygen atoms in total. The molecule has 84 valence electrons. The molecule has 0 heterocycles. The molecular formula is C13H18F2. The van der Waals surface area contributed by atoms with Gasteiger partial charge in [0.2, 0.25) is 0 Å². The summed E-state index contributed by atoms with van der Waals surface area (Å²) < 4.78 is 28.6. The second kappa shape index (κ2) is 2.83. The van der Waals surface area contributed by atoms with Crippen LogP contribution in [-0.2, 0) is 0 Å². The van der Waals surface area contributed by atoms with Gasteiger partial charge in [-0.1, -0.05) is 6.08 Å². The molecular weight excluding hydrogens is 194 g/mol. The van der Waals surface area contributed by atoms with Gasteiger partial charge in [-0.3, -0.25) is 0 Å². The Labute approximate surface area is 89.7 Å². The van der Waals surface area contributed by atoms with Gasteiger partial charge >= 0.3 is 0 Å². The van der Waals surface area contributed by atoms with E-state index in [9.17, 15) is 8.78 Å². The maximum atomic E-state index is 14.3. The zero-order chi connectivity index (χ0) is 10.7. The highest BCUT2D eigenvalue weighted by atomic mass is 19.3. The Morgan fingerprint density at radius 3 is 2.27 bits per heavy atom. The molecule has 0 aliphatic heterocycles. The third-order valence-electron chi connectivity index (χ3n) is 5.02. The average molecular weight is 212 g/mol. The molecule has 15 heavy (non-hydrogen) atoms. The SMILES string of the molecule is C=CCC12CC3CC(CC(C3)C1(F)F)C2. The molecule has 0 spiro atoms. The molecule has 0 aromatic carbocycles. The van der Waals surface area contributed by atoms with Crippen LogP contribution in [0.1, 0.15) is 38.5 Å². The summed E-state index contributed by atoms with van der Waals surface area (Å²) in [6.07, 6.45) is 6.50. The van der Waals surface area contributed by atoms with E-state index < -0.39 is 11.3 Å². The minimum atomic E-state index is -2.42. The van der Waals surface area contributed by atoms with Crippen molar-refractivity contribution >= 4 is 0 Å². The van der Waals surface area contributed by atoms with E-state index in [1.54, 1.807) is 6.08 Å². The van der Waals surface area contributed by atoms with E-state index in [0.717, 1.165) is 25.7 Å². The Balaban J connectivity index is 2.00. The highest BCUT2D eigenvalue weighted by molar-refractivity contribution is 5.12. The number of alkyl halides is 2. The number of hydrogen-bond donors (Lipinski definition) is 0. The van der Waals surface area contributed by atoms with Gasteiger partial charge in [-0.2, -0.15) is 0 Å². The van der Waals surface area contributed by atoms with E-state index in [1.807, 2.05) is 0 Å². The minimum absolute atomic E-state index is 0.316. The van der Waals surface area contributed by atoms with Gasteiger partial charge in [0.05, 0.1) is 0 Å². The van der Waals surface area contributed by atoms with Gasteiger partial charge in [-0.25, -0.2) is 8.78 Å². The van der Waals surface area contributed by atoms with E-state index in [4.69, 9.17) is 0 Å². The lowest BCUT2D eigenvalue weighted by Gasteiger charge is -2.60. The summed E-state index contributed by atoms with van der Waals surface area (Å²) in [4.78, 5) is 0. The van der Waals surface area contributed by atoms with Gasteiger partial charge in [0, 0.05) is 11.3 Å². The van der Waals surface area contributed by atoms with Crippen molar-refractivity contribution in [3.8, 4) is 0 Å². The van der Waals surface area contributed by atoms with Crippen LogP contribution in [0.4, 0.5) is 8.78 Å². The average Bonchev–Trinajstić information content (AvgIpc) is 2.14. The molecule has 4 saturated carbocycles. The fourth-order valence-corrected chi connectivity index (χ4v) is 4.67. The molecule has 0 aromatic heterocycles. The van der Waals surface area contributed by atoms with Gasteiger partial charge in [0.15, 0.2) is 0 Å². The molecule has 4 aliphatic carbocycles. The topological polar surface area (TPSA) is 0 Å². The van der Waals surface area contributed by atoms with Gasteiger partial charge in [-0.05, 0) is 50.4 Å². The lowest BCUT2D eigenvalue weighted by atomic mass is 9.47. The largest absolute Gasteiger partial charge is 0.256 e. The van der Waals surface area contributed by atoms with E-state index in [2.05, 4.69) is 6.58 Å². The van der Waals surface area contributed by atoms with Crippen LogP contribution in [0.15, 0.2) is 12.7 Å². The van der Waals surface area contributed by atoms with Crippen molar-refractivity contribution in [2.45, 2.75) is 44.4 Å². The number of allylic oxidation sites excluding steroid dienone is 1.